The molecule has 0 bridgehead atoms. The summed E-state index contributed by atoms with van der Waals surface area (Å²) in [6, 6.07) is 8.72. The highest BCUT2D eigenvalue weighted by Crippen LogP contribution is 2.29. The van der Waals surface area contributed by atoms with Gasteiger partial charge in [-0.25, -0.2) is 0 Å². The number of nitrogens with zero attached hydrogens (tertiary/aromatic N) is 3. The van der Waals surface area contributed by atoms with Crippen LogP contribution in [0.4, 0.5) is 5.69 Å². The van der Waals surface area contributed by atoms with Crippen LogP contribution in [0.2, 0.25) is 10.0 Å². The van der Waals surface area contributed by atoms with Crippen molar-refractivity contribution in [2.75, 3.05) is 11.1 Å². The van der Waals surface area contributed by atoms with Gasteiger partial charge in [-0.05, 0) is 30.3 Å². The molecule has 0 unspecified atom stereocenters. The highest BCUT2D eigenvalue weighted by molar-refractivity contribution is 8.01. The number of benzene rings is 1. The summed E-state index contributed by atoms with van der Waals surface area (Å²) in [7, 11) is 0. The van der Waals surface area contributed by atoms with Crippen molar-refractivity contribution in [2.24, 2.45) is 0 Å². The van der Waals surface area contributed by atoms with Gasteiger partial charge in [0.15, 0.2) is 4.34 Å². The summed E-state index contributed by atoms with van der Waals surface area (Å²) in [6.45, 7) is 0. The number of amides is 1. The molecular formula is C16H12Cl2N4OS2. The molecule has 0 fully saturated rings. The fourth-order valence-electron chi connectivity index (χ4n) is 1.92. The third kappa shape index (κ3) is 5.15. The summed E-state index contributed by atoms with van der Waals surface area (Å²) in [5.74, 6) is 0.463. The van der Waals surface area contributed by atoms with Crippen molar-refractivity contribution in [1.29, 1.82) is 0 Å². The van der Waals surface area contributed by atoms with Crippen LogP contribution >= 0.6 is 46.3 Å². The van der Waals surface area contributed by atoms with E-state index in [-0.39, 0.29) is 5.91 Å². The van der Waals surface area contributed by atoms with Crippen LogP contribution in [0.25, 0.3) is 10.6 Å². The zero-order valence-corrected chi connectivity index (χ0v) is 15.9. The van der Waals surface area contributed by atoms with Crippen LogP contribution in [0.3, 0.4) is 0 Å². The summed E-state index contributed by atoms with van der Waals surface area (Å²) < 4.78 is 0.820. The molecule has 0 saturated heterocycles. The van der Waals surface area contributed by atoms with Crippen LogP contribution < -0.4 is 5.32 Å². The largest absolute Gasteiger partial charge is 0.325 e. The zero-order chi connectivity index (χ0) is 17.6. The van der Waals surface area contributed by atoms with Gasteiger partial charge in [-0.15, -0.1) is 10.2 Å². The second-order valence-electron chi connectivity index (χ2n) is 4.88. The molecule has 0 aliphatic rings. The first kappa shape index (κ1) is 18.1. The number of halogens is 2. The molecule has 0 spiro atoms. The van der Waals surface area contributed by atoms with Gasteiger partial charge in [0.25, 0.3) is 0 Å². The molecule has 2 heterocycles. The Bertz CT molecular complexity index is 874. The maximum atomic E-state index is 12.0. The Hall–Kier alpha value is -1.67. The number of hydrogen-bond donors (Lipinski definition) is 1. The van der Waals surface area contributed by atoms with E-state index in [1.807, 2.05) is 12.1 Å². The minimum absolute atomic E-state index is 0.129. The van der Waals surface area contributed by atoms with Gasteiger partial charge in [0.05, 0.1) is 10.7 Å². The van der Waals surface area contributed by atoms with Crippen molar-refractivity contribution in [1.82, 2.24) is 15.2 Å². The summed E-state index contributed by atoms with van der Waals surface area (Å²) >= 11 is 14.9. The van der Waals surface area contributed by atoms with Crippen molar-refractivity contribution in [3.8, 4) is 10.6 Å². The lowest BCUT2D eigenvalue weighted by Gasteiger charge is -2.07. The van der Waals surface area contributed by atoms with E-state index in [2.05, 4.69) is 20.5 Å². The normalized spacial score (nSPS) is 10.6. The lowest BCUT2D eigenvalue weighted by molar-refractivity contribution is -0.115. The molecule has 9 heteroatoms. The lowest BCUT2D eigenvalue weighted by Crippen LogP contribution is -2.12. The van der Waals surface area contributed by atoms with Crippen LogP contribution in [0.15, 0.2) is 47.1 Å². The van der Waals surface area contributed by atoms with E-state index in [9.17, 15) is 4.79 Å². The van der Waals surface area contributed by atoms with E-state index < -0.39 is 0 Å². The average molecular weight is 411 g/mol. The molecule has 1 amide bonds. The summed E-state index contributed by atoms with van der Waals surface area (Å²) in [4.78, 5) is 16.0. The predicted octanol–water partition coefficient (Wildman–Crippen LogP) is 5.03. The maximum absolute atomic E-state index is 12.0. The van der Waals surface area contributed by atoms with Crippen LogP contribution in [0.5, 0.6) is 0 Å². The molecule has 128 valence electrons. The number of carbonyl (C=O) groups is 1. The van der Waals surface area contributed by atoms with Gasteiger partial charge >= 0.3 is 0 Å². The van der Waals surface area contributed by atoms with Crippen molar-refractivity contribution in [3.05, 3.63) is 52.8 Å². The maximum Gasteiger partial charge on any atom is 0.225 e. The van der Waals surface area contributed by atoms with Gasteiger partial charge in [0, 0.05) is 35.2 Å². The van der Waals surface area contributed by atoms with Gasteiger partial charge in [-0.2, -0.15) is 0 Å². The molecule has 0 atom stereocenters. The van der Waals surface area contributed by atoms with Crippen LogP contribution in [0.1, 0.15) is 6.42 Å². The Morgan fingerprint density at radius 2 is 1.96 bits per heavy atom. The highest BCUT2D eigenvalue weighted by atomic mass is 35.5. The number of aromatic nitrogens is 3. The van der Waals surface area contributed by atoms with Gasteiger partial charge in [0.2, 0.25) is 5.91 Å². The van der Waals surface area contributed by atoms with Crippen molar-refractivity contribution in [3.63, 3.8) is 0 Å². The second-order valence-corrected chi connectivity index (χ2v) is 8.04. The summed E-state index contributed by atoms with van der Waals surface area (Å²) in [6.07, 6.45) is 3.77. The molecule has 0 aliphatic carbocycles. The number of pyridine rings is 1. The number of anilines is 1. The fraction of sp³-hybridized carbons (Fsp3) is 0.125. The Kier molecular flexibility index (Phi) is 6.25. The SMILES string of the molecule is O=C(CCSc1nnc(-c2ccncc2)s1)Nc1cc(Cl)ccc1Cl. The van der Waals surface area contributed by atoms with E-state index in [1.165, 1.54) is 23.1 Å². The molecule has 25 heavy (non-hydrogen) atoms. The monoisotopic (exact) mass is 410 g/mol. The number of hydrogen-bond acceptors (Lipinski definition) is 6. The smallest absolute Gasteiger partial charge is 0.225 e. The molecule has 5 nitrogen and oxygen atoms in total. The van der Waals surface area contributed by atoms with E-state index in [4.69, 9.17) is 23.2 Å². The quantitative estimate of drug-likeness (QED) is 0.577. The number of rotatable bonds is 6. The minimum atomic E-state index is -0.129. The first-order valence-corrected chi connectivity index (χ1v) is 9.79. The number of carbonyl (C=O) groups excluding carboxylic acids is 1. The minimum Gasteiger partial charge on any atom is -0.325 e. The van der Waals surface area contributed by atoms with Crippen LogP contribution in [0, 0.1) is 0 Å². The van der Waals surface area contributed by atoms with E-state index in [0.717, 1.165) is 14.9 Å². The van der Waals surface area contributed by atoms with Gasteiger partial charge in [0.1, 0.15) is 5.01 Å². The molecule has 0 radical (unpaired) electrons. The number of nitrogens with one attached hydrogen (secondary N) is 1. The van der Waals surface area contributed by atoms with E-state index >= 15 is 0 Å². The Labute approximate surface area is 162 Å². The third-order valence-corrected chi connectivity index (χ3v) is 5.76. The topological polar surface area (TPSA) is 67.8 Å². The summed E-state index contributed by atoms with van der Waals surface area (Å²) in [5, 5.41) is 12.9. The molecule has 1 aromatic carbocycles. The molecule has 3 rings (SSSR count). The van der Waals surface area contributed by atoms with Gasteiger partial charge in [-0.1, -0.05) is 46.3 Å². The van der Waals surface area contributed by atoms with Crippen LogP contribution in [-0.2, 0) is 4.79 Å². The third-order valence-electron chi connectivity index (χ3n) is 3.09. The van der Waals surface area contributed by atoms with E-state index in [1.54, 1.807) is 30.6 Å². The first-order chi connectivity index (χ1) is 12.1. The number of thioether (sulfide) groups is 1. The Morgan fingerprint density at radius 1 is 1.16 bits per heavy atom. The Morgan fingerprint density at radius 3 is 2.76 bits per heavy atom. The predicted molar refractivity (Wildman–Crippen MR) is 104 cm³/mol. The highest BCUT2D eigenvalue weighted by Gasteiger charge is 2.10. The molecule has 3 aromatic rings. The van der Waals surface area contributed by atoms with Crippen LogP contribution in [-0.4, -0.2) is 26.8 Å². The Balaban J connectivity index is 1.50. The second kappa shape index (κ2) is 8.62. The molecule has 2 aromatic heterocycles. The van der Waals surface area contributed by atoms with E-state index in [0.29, 0.717) is 27.9 Å². The van der Waals surface area contributed by atoms with Gasteiger partial charge in [-0.3, -0.25) is 9.78 Å². The fourth-order valence-corrected chi connectivity index (χ4v) is 4.12. The average Bonchev–Trinajstić information content (AvgIpc) is 3.08. The lowest BCUT2D eigenvalue weighted by atomic mass is 10.3. The summed E-state index contributed by atoms with van der Waals surface area (Å²) in [5.41, 5.74) is 1.49. The van der Waals surface area contributed by atoms with Crippen molar-refractivity contribution < 1.29 is 4.79 Å². The molecule has 0 saturated carbocycles. The zero-order valence-electron chi connectivity index (χ0n) is 12.8. The standard InChI is InChI=1S/C16H12Cl2N4OS2/c17-11-1-2-12(18)13(9-11)20-14(23)5-8-24-16-22-21-15(25-16)10-3-6-19-7-4-10/h1-4,6-7,9H,5,8H2,(H,20,23). The molecule has 1 N–H and O–H groups in total. The van der Waals surface area contributed by atoms with Crippen molar-refractivity contribution >= 4 is 57.9 Å². The van der Waals surface area contributed by atoms with Crippen molar-refractivity contribution in [2.45, 2.75) is 10.8 Å². The molecule has 0 aliphatic heterocycles. The van der Waals surface area contributed by atoms with Gasteiger partial charge < -0.3 is 5.32 Å². The first-order valence-electron chi connectivity index (χ1n) is 7.23. The molecular weight excluding hydrogens is 399 g/mol.